The molecule has 2 N–H and O–H groups in total. The van der Waals surface area contributed by atoms with Gasteiger partial charge in [-0.05, 0) is 60.9 Å². The standard InChI is InChI=1S/C21H21N3O6S2/c1-12-8-10-31-21(12)32(29,30)22-9-2-3-13-4-5-14-15(11-13)20(28)24(19(14)27)16-6-7-17(25)23-18(16)26/h4-5,8,10-11,16,22H,2-3,6-7,9H2,1H3,(H,23,25,26). The van der Waals surface area contributed by atoms with Crippen molar-refractivity contribution >= 4 is 45.0 Å². The number of rotatable bonds is 7. The van der Waals surface area contributed by atoms with E-state index in [4.69, 9.17) is 0 Å². The van der Waals surface area contributed by atoms with E-state index in [0.29, 0.717) is 22.6 Å². The minimum absolute atomic E-state index is 0.0654. The normalized spacial score (nSPS) is 18.8. The zero-order valence-corrected chi connectivity index (χ0v) is 18.8. The molecule has 2 aliphatic heterocycles. The zero-order chi connectivity index (χ0) is 23.0. The number of piperidine rings is 1. The Bertz CT molecular complexity index is 1230. The van der Waals surface area contributed by atoms with Crippen LogP contribution in [0.3, 0.4) is 0 Å². The fourth-order valence-corrected chi connectivity index (χ4v) is 6.41. The van der Waals surface area contributed by atoms with Crippen LogP contribution in [-0.4, -0.2) is 49.5 Å². The fraction of sp³-hybridized carbons (Fsp3) is 0.333. The van der Waals surface area contributed by atoms with Crippen LogP contribution in [0.2, 0.25) is 0 Å². The second kappa shape index (κ2) is 8.57. The van der Waals surface area contributed by atoms with Gasteiger partial charge in [-0.2, -0.15) is 0 Å². The first-order valence-corrected chi connectivity index (χ1v) is 12.4. The molecule has 32 heavy (non-hydrogen) atoms. The van der Waals surface area contributed by atoms with Gasteiger partial charge in [-0.3, -0.25) is 29.4 Å². The van der Waals surface area contributed by atoms with Crippen molar-refractivity contribution in [1.29, 1.82) is 0 Å². The molecule has 9 nitrogen and oxygen atoms in total. The molecular formula is C21H21N3O6S2. The number of nitrogens with one attached hydrogen (secondary N) is 2. The average molecular weight is 476 g/mol. The minimum atomic E-state index is -3.56. The van der Waals surface area contributed by atoms with Gasteiger partial charge >= 0.3 is 0 Å². The highest BCUT2D eigenvalue weighted by atomic mass is 32.2. The van der Waals surface area contributed by atoms with Crippen LogP contribution in [0.25, 0.3) is 0 Å². The van der Waals surface area contributed by atoms with Crippen LogP contribution in [-0.2, 0) is 26.0 Å². The summed E-state index contributed by atoms with van der Waals surface area (Å²) in [5.41, 5.74) is 1.91. The van der Waals surface area contributed by atoms with Gasteiger partial charge in [0.15, 0.2) is 0 Å². The summed E-state index contributed by atoms with van der Waals surface area (Å²) in [7, 11) is -3.56. The maximum atomic E-state index is 12.9. The first kappa shape index (κ1) is 22.3. The molecule has 168 valence electrons. The monoisotopic (exact) mass is 475 g/mol. The molecule has 4 amide bonds. The third-order valence-electron chi connectivity index (χ3n) is 5.50. The molecule has 1 saturated heterocycles. The number of nitrogens with zero attached hydrogens (tertiary/aromatic N) is 1. The summed E-state index contributed by atoms with van der Waals surface area (Å²) >= 11 is 1.17. The van der Waals surface area contributed by atoms with Crippen LogP contribution < -0.4 is 10.0 Å². The van der Waals surface area contributed by atoms with Crippen molar-refractivity contribution in [1.82, 2.24) is 14.9 Å². The lowest BCUT2D eigenvalue weighted by Crippen LogP contribution is -2.54. The van der Waals surface area contributed by atoms with Gasteiger partial charge in [0.1, 0.15) is 10.3 Å². The Morgan fingerprint density at radius 3 is 2.56 bits per heavy atom. The lowest BCUT2D eigenvalue weighted by molar-refractivity contribution is -0.136. The Kier molecular flexibility index (Phi) is 5.97. The van der Waals surface area contributed by atoms with E-state index in [-0.39, 0.29) is 30.5 Å². The predicted octanol–water partition coefficient (Wildman–Crippen LogP) is 1.37. The highest BCUT2D eigenvalue weighted by molar-refractivity contribution is 7.91. The van der Waals surface area contributed by atoms with Crippen molar-refractivity contribution in [2.75, 3.05) is 6.54 Å². The van der Waals surface area contributed by atoms with E-state index in [9.17, 15) is 27.6 Å². The zero-order valence-electron chi connectivity index (χ0n) is 17.2. The number of hydrogen-bond donors (Lipinski definition) is 2. The first-order valence-electron chi connectivity index (χ1n) is 10.1. The van der Waals surface area contributed by atoms with Crippen molar-refractivity contribution in [2.45, 2.75) is 42.9 Å². The second-order valence-electron chi connectivity index (χ2n) is 7.72. The Morgan fingerprint density at radius 2 is 1.88 bits per heavy atom. The largest absolute Gasteiger partial charge is 0.295 e. The number of imide groups is 2. The number of amides is 4. The molecule has 2 aromatic rings. The van der Waals surface area contributed by atoms with Crippen molar-refractivity contribution in [3.05, 3.63) is 51.9 Å². The molecule has 2 aliphatic rings. The van der Waals surface area contributed by atoms with Crippen LogP contribution in [0.4, 0.5) is 0 Å². The van der Waals surface area contributed by atoms with Crippen molar-refractivity contribution in [3.8, 4) is 0 Å². The van der Waals surface area contributed by atoms with E-state index in [1.54, 1.807) is 36.6 Å². The number of carbonyl (C=O) groups is 4. The average Bonchev–Trinajstić information content (AvgIpc) is 3.28. The van der Waals surface area contributed by atoms with E-state index in [0.717, 1.165) is 10.5 Å². The molecule has 3 heterocycles. The lowest BCUT2D eigenvalue weighted by Gasteiger charge is -2.27. The van der Waals surface area contributed by atoms with Gasteiger partial charge in [-0.25, -0.2) is 13.1 Å². The summed E-state index contributed by atoms with van der Waals surface area (Å²) in [6, 6.07) is 5.63. The van der Waals surface area contributed by atoms with Gasteiger partial charge in [0, 0.05) is 13.0 Å². The van der Waals surface area contributed by atoms with Gasteiger partial charge in [0.05, 0.1) is 11.1 Å². The van der Waals surface area contributed by atoms with Crippen molar-refractivity contribution < 1.29 is 27.6 Å². The molecule has 0 saturated carbocycles. The summed E-state index contributed by atoms with van der Waals surface area (Å²) < 4.78 is 27.6. The van der Waals surface area contributed by atoms with Crippen LogP contribution in [0, 0.1) is 6.92 Å². The molecule has 1 aromatic heterocycles. The Hall–Kier alpha value is -2.89. The molecule has 4 rings (SSSR count). The molecule has 0 radical (unpaired) electrons. The smallest absolute Gasteiger partial charge is 0.262 e. The van der Waals surface area contributed by atoms with Crippen molar-refractivity contribution in [2.24, 2.45) is 0 Å². The summed E-state index contributed by atoms with van der Waals surface area (Å²) in [4.78, 5) is 50.0. The van der Waals surface area contributed by atoms with E-state index in [1.165, 1.54) is 11.3 Å². The Balaban J connectivity index is 1.40. The number of sulfonamides is 1. The molecule has 0 aliphatic carbocycles. The predicted molar refractivity (Wildman–Crippen MR) is 116 cm³/mol. The third kappa shape index (κ3) is 4.10. The molecule has 1 aromatic carbocycles. The molecule has 11 heteroatoms. The summed E-state index contributed by atoms with van der Waals surface area (Å²) in [5, 5.41) is 3.89. The maximum Gasteiger partial charge on any atom is 0.262 e. The number of benzene rings is 1. The van der Waals surface area contributed by atoms with Gasteiger partial charge in [-0.1, -0.05) is 6.07 Å². The molecule has 0 spiro atoms. The van der Waals surface area contributed by atoms with Crippen LogP contribution in [0.5, 0.6) is 0 Å². The summed E-state index contributed by atoms with van der Waals surface area (Å²) in [6.45, 7) is 1.97. The Labute approximate surface area is 188 Å². The minimum Gasteiger partial charge on any atom is -0.295 e. The van der Waals surface area contributed by atoms with E-state index < -0.39 is 39.7 Å². The first-order chi connectivity index (χ1) is 15.2. The Morgan fingerprint density at radius 1 is 1.12 bits per heavy atom. The van der Waals surface area contributed by atoms with Gasteiger partial charge < -0.3 is 0 Å². The molecule has 1 atom stereocenters. The molecule has 1 unspecified atom stereocenters. The number of carbonyl (C=O) groups excluding carboxylic acids is 4. The topological polar surface area (TPSA) is 130 Å². The van der Waals surface area contributed by atoms with Gasteiger partial charge in [0.2, 0.25) is 21.8 Å². The SMILES string of the molecule is Cc1ccsc1S(=O)(=O)NCCCc1ccc2c(c1)C(=O)N(C1CCC(=O)NC1=O)C2=O. The number of thiophene rings is 1. The fourth-order valence-electron chi connectivity index (χ4n) is 3.87. The third-order valence-corrected chi connectivity index (χ3v) is 8.65. The quantitative estimate of drug-likeness (QED) is 0.460. The number of hydrogen-bond acceptors (Lipinski definition) is 7. The number of aryl methyl sites for hydroxylation is 2. The van der Waals surface area contributed by atoms with Crippen LogP contribution in [0.1, 0.15) is 51.1 Å². The highest BCUT2D eigenvalue weighted by Gasteiger charge is 2.44. The van der Waals surface area contributed by atoms with E-state index in [2.05, 4.69) is 10.0 Å². The summed E-state index contributed by atoms with van der Waals surface area (Å²) in [5.74, 6) is -2.18. The van der Waals surface area contributed by atoms with E-state index in [1.807, 2.05) is 0 Å². The lowest BCUT2D eigenvalue weighted by atomic mass is 10.0. The van der Waals surface area contributed by atoms with Crippen LogP contribution in [0.15, 0.2) is 33.9 Å². The molecular weight excluding hydrogens is 454 g/mol. The van der Waals surface area contributed by atoms with E-state index >= 15 is 0 Å². The van der Waals surface area contributed by atoms with Gasteiger partial charge in [0.25, 0.3) is 11.8 Å². The van der Waals surface area contributed by atoms with Crippen LogP contribution >= 0.6 is 11.3 Å². The second-order valence-corrected chi connectivity index (χ2v) is 10.6. The molecule has 0 bridgehead atoms. The number of fused-ring (bicyclic) bond motifs is 1. The maximum absolute atomic E-state index is 12.9. The molecule has 1 fully saturated rings. The van der Waals surface area contributed by atoms with Gasteiger partial charge in [-0.15, -0.1) is 11.3 Å². The summed E-state index contributed by atoms with van der Waals surface area (Å²) in [6.07, 6.45) is 1.17. The highest BCUT2D eigenvalue weighted by Crippen LogP contribution is 2.28. The van der Waals surface area contributed by atoms with Crippen molar-refractivity contribution in [3.63, 3.8) is 0 Å².